The SMILES string of the molecule is O=C(NCCCCc1ccccc1)c1nn(-c2ccccc2F)nc1CO. The minimum absolute atomic E-state index is 0.00353. The molecule has 0 unspecified atom stereocenters. The molecule has 3 rings (SSSR count). The average Bonchev–Trinajstić information content (AvgIpc) is 3.13. The first-order valence-electron chi connectivity index (χ1n) is 8.83. The molecule has 1 amide bonds. The van der Waals surface area contributed by atoms with E-state index >= 15 is 0 Å². The summed E-state index contributed by atoms with van der Waals surface area (Å²) >= 11 is 0. The van der Waals surface area contributed by atoms with E-state index in [0.29, 0.717) is 6.54 Å². The van der Waals surface area contributed by atoms with Crippen molar-refractivity contribution in [1.29, 1.82) is 0 Å². The Morgan fingerprint density at radius 2 is 1.78 bits per heavy atom. The largest absolute Gasteiger partial charge is 0.390 e. The lowest BCUT2D eigenvalue weighted by atomic mass is 10.1. The summed E-state index contributed by atoms with van der Waals surface area (Å²) in [6.07, 6.45) is 2.71. The summed E-state index contributed by atoms with van der Waals surface area (Å²) in [7, 11) is 0. The number of aryl methyl sites for hydroxylation is 1. The standard InChI is InChI=1S/C20H21FN4O2/c21-16-11-4-5-12-18(16)25-23-17(14-26)19(24-25)20(27)22-13-7-6-10-15-8-2-1-3-9-15/h1-5,8-9,11-12,26H,6-7,10,13-14H2,(H,22,27). The van der Waals surface area contributed by atoms with Gasteiger partial charge in [0.05, 0.1) is 6.61 Å². The van der Waals surface area contributed by atoms with Crippen molar-refractivity contribution < 1.29 is 14.3 Å². The number of carbonyl (C=O) groups excluding carboxylic acids is 1. The normalized spacial score (nSPS) is 10.7. The second kappa shape index (κ2) is 9.05. The molecule has 0 atom stereocenters. The summed E-state index contributed by atoms with van der Waals surface area (Å²) in [5.74, 6) is -0.939. The number of hydrogen-bond donors (Lipinski definition) is 2. The molecule has 140 valence electrons. The third kappa shape index (κ3) is 4.77. The van der Waals surface area contributed by atoms with Gasteiger partial charge >= 0.3 is 0 Å². The average molecular weight is 368 g/mol. The molecule has 7 heteroatoms. The van der Waals surface area contributed by atoms with Crippen molar-refractivity contribution in [2.75, 3.05) is 6.54 Å². The highest BCUT2D eigenvalue weighted by atomic mass is 19.1. The third-order valence-electron chi connectivity index (χ3n) is 4.14. The monoisotopic (exact) mass is 368 g/mol. The molecule has 0 aliphatic heterocycles. The van der Waals surface area contributed by atoms with Crippen LogP contribution in [0, 0.1) is 5.82 Å². The predicted molar refractivity (Wildman–Crippen MR) is 99.0 cm³/mol. The molecule has 0 aliphatic carbocycles. The fourth-order valence-electron chi connectivity index (χ4n) is 2.73. The number of hydrogen-bond acceptors (Lipinski definition) is 4. The van der Waals surface area contributed by atoms with Crippen LogP contribution < -0.4 is 5.32 Å². The van der Waals surface area contributed by atoms with Gasteiger partial charge in [0.1, 0.15) is 11.4 Å². The van der Waals surface area contributed by atoms with Gasteiger partial charge in [0, 0.05) is 6.54 Å². The number of aromatic nitrogens is 3. The van der Waals surface area contributed by atoms with Gasteiger partial charge in [-0.25, -0.2) is 4.39 Å². The molecule has 6 nitrogen and oxygen atoms in total. The molecular weight excluding hydrogens is 347 g/mol. The molecule has 0 aliphatic rings. The fraction of sp³-hybridized carbons (Fsp3) is 0.250. The number of para-hydroxylation sites is 1. The van der Waals surface area contributed by atoms with Gasteiger partial charge in [0.15, 0.2) is 11.5 Å². The highest BCUT2D eigenvalue weighted by Gasteiger charge is 2.19. The molecule has 0 saturated carbocycles. The van der Waals surface area contributed by atoms with Crippen LogP contribution >= 0.6 is 0 Å². The zero-order valence-corrected chi connectivity index (χ0v) is 14.8. The lowest BCUT2D eigenvalue weighted by molar-refractivity contribution is 0.0944. The van der Waals surface area contributed by atoms with Gasteiger partial charge in [0.25, 0.3) is 5.91 Å². The van der Waals surface area contributed by atoms with E-state index in [1.807, 2.05) is 18.2 Å². The first kappa shape index (κ1) is 18.7. The molecular formula is C20H21FN4O2. The van der Waals surface area contributed by atoms with Crippen LogP contribution in [0.4, 0.5) is 4.39 Å². The van der Waals surface area contributed by atoms with Gasteiger partial charge in [-0.05, 0) is 37.0 Å². The predicted octanol–water partition coefficient (Wildman–Crippen LogP) is 2.65. The highest BCUT2D eigenvalue weighted by Crippen LogP contribution is 2.13. The molecule has 0 fully saturated rings. The number of aliphatic hydroxyl groups excluding tert-OH is 1. The molecule has 1 aromatic heterocycles. The first-order chi connectivity index (χ1) is 13.2. The van der Waals surface area contributed by atoms with E-state index in [4.69, 9.17) is 0 Å². The Bertz CT molecular complexity index is 896. The summed E-state index contributed by atoms with van der Waals surface area (Å²) in [6.45, 7) is 0.0360. The highest BCUT2D eigenvalue weighted by molar-refractivity contribution is 5.93. The fourth-order valence-corrected chi connectivity index (χ4v) is 2.73. The summed E-state index contributed by atoms with van der Waals surface area (Å²) in [5, 5.41) is 20.3. The Hall–Kier alpha value is -3.06. The van der Waals surface area contributed by atoms with Crippen LogP contribution in [0.25, 0.3) is 5.69 Å². The quantitative estimate of drug-likeness (QED) is 0.599. The van der Waals surface area contributed by atoms with Crippen molar-refractivity contribution >= 4 is 5.91 Å². The summed E-state index contributed by atoms with van der Waals surface area (Å²) in [4.78, 5) is 13.4. The summed E-state index contributed by atoms with van der Waals surface area (Å²) < 4.78 is 13.9. The molecule has 0 radical (unpaired) electrons. The van der Waals surface area contributed by atoms with Gasteiger partial charge in [-0.3, -0.25) is 4.79 Å². The number of amides is 1. The Labute approximate surface area is 156 Å². The number of nitrogens with zero attached hydrogens (tertiary/aromatic N) is 3. The van der Waals surface area contributed by atoms with Crippen molar-refractivity contribution in [2.24, 2.45) is 0 Å². The zero-order chi connectivity index (χ0) is 19.1. The summed E-state index contributed by atoms with van der Waals surface area (Å²) in [5.41, 5.74) is 1.50. The maximum Gasteiger partial charge on any atom is 0.273 e. The van der Waals surface area contributed by atoms with Gasteiger partial charge in [-0.15, -0.1) is 15.0 Å². The van der Waals surface area contributed by atoms with E-state index < -0.39 is 18.3 Å². The van der Waals surface area contributed by atoms with Crippen LogP contribution in [0.2, 0.25) is 0 Å². The van der Waals surface area contributed by atoms with E-state index in [2.05, 4.69) is 27.6 Å². The number of carbonyl (C=O) groups is 1. The van der Waals surface area contributed by atoms with E-state index in [-0.39, 0.29) is 17.1 Å². The molecule has 0 saturated heterocycles. The molecule has 27 heavy (non-hydrogen) atoms. The van der Waals surface area contributed by atoms with Crippen LogP contribution in [0.1, 0.15) is 34.6 Å². The van der Waals surface area contributed by atoms with Gasteiger partial charge in [0.2, 0.25) is 0 Å². The second-order valence-corrected chi connectivity index (χ2v) is 6.09. The lowest BCUT2D eigenvalue weighted by Crippen LogP contribution is -2.26. The molecule has 0 bridgehead atoms. The van der Waals surface area contributed by atoms with Crippen LogP contribution in [0.5, 0.6) is 0 Å². The zero-order valence-electron chi connectivity index (χ0n) is 14.8. The smallest absolute Gasteiger partial charge is 0.273 e. The molecule has 3 aromatic rings. The maximum absolute atomic E-state index is 13.9. The Balaban J connectivity index is 1.57. The third-order valence-corrected chi connectivity index (χ3v) is 4.14. The van der Waals surface area contributed by atoms with Gasteiger partial charge in [-0.1, -0.05) is 42.5 Å². The van der Waals surface area contributed by atoms with Crippen molar-refractivity contribution in [3.05, 3.63) is 77.4 Å². The molecule has 0 spiro atoms. The first-order valence-corrected chi connectivity index (χ1v) is 8.83. The van der Waals surface area contributed by atoms with Crippen LogP contribution in [-0.2, 0) is 13.0 Å². The second-order valence-electron chi connectivity index (χ2n) is 6.09. The van der Waals surface area contributed by atoms with Crippen LogP contribution in [-0.4, -0.2) is 32.6 Å². The minimum atomic E-state index is -0.509. The molecule has 2 aromatic carbocycles. The van der Waals surface area contributed by atoms with Crippen LogP contribution in [0.15, 0.2) is 54.6 Å². The number of halogens is 1. The Morgan fingerprint density at radius 3 is 2.52 bits per heavy atom. The van der Waals surface area contributed by atoms with Crippen LogP contribution in [0.3, 0.4) is 0 Å². The van der Waals surface area contributed by atoms with E-state index in [0.717, 1.165) is 24.1 Å². The molecule has 1 heterocycles. The number of unbranched alkanes of at least 4 members (excludes halogenated alkanes) is 1. The maximum atomic E-state index is 13.9. The molecule has 2 N–H and O–H groups in total. The van der Waals surface area contributed by atoms with E-state index in [1.54, 1.807) is 12.1 Å². The summed E-state index contributed by atoms with van der Waals surface area (Å²) in [6, 6.07) is 16.1. The van der Waals surface area contributed by atoms with E-state index in [9.17, 15) is 14.3 Å². The van der Waals surface area contributed by atoms with Crippen molar-refractivity contribution in [1.82, 2.24) is 20.3 Å². The van der Waals surface area contributed by atoms with Gasteiger partial charge < -0.3 is 10.4 Å². The van der Waals surface area contributed by atoms with Crippen molar-refractivity contribution in [3.8, 4) is 5.69 Å². The topological polar surface area (TPSA) is 80.0 Å². The van der Waals surface area contributed by atoms with Gasteiger partial charge in [-0.2, -0.15) is 0 Å². The number of nitrogens with one attached hydrogen (secondary N) is 1. The Kier molecular flexibility index (Phi) is 6.27. The Morgan fingerprint density at radius 1 is 1.04 bits per heavy atom. The van der Waals surface area contributed by atoms with Crippen molar-refractivity contribution in [3.63, 3.8) is 0 Å². The van der Waals surface area contributed by atoms with E-state index in [1.165, 1.54) is 17.7 Å². The van der Waals surface area contributed by atoms with Crippen molar-refractivity contribution in [2.45, 2.75) is 25.9 Å². The lowest BCUT2D eigenvalue weighted by Gasteiger charge is -2.04. The number of aliphatic hydroxyl groups is 1. The minimum Gasteiger partial charge on any atom is -0.390 e. The number of benzene rings is 2. The number of rotatable bonds is 8.